The number of carbonyl (C=O) groups excluding carboxylic acids is 1. The first-order chi connectivity index (χ1) is 9.02. The quantitative estimate of drug-likeness (QED) is 0.759. The lowest BCUT2D eigenvalue weighted by Gasteiger charge is -2.21. The van der Waals surface area contributed by atoms with Crippen molar-refractivity contribution < 1.29 is 4.79 Å². The third-order valence-corrected chi connectivity index (χ3v) is 3.13. The van der Waals surface area contributed by atoms with Gasteiger partial charge in [0.05, 0.1) is 6.04 Å². The molecule has 0 aliphatic heterocycles. The van der Waals surface area contributed by atoms with Crippen LogP contribution in [0, 0.1) is 0 Å². The minimum atomic E-state index is -0.114. The summed E-state index contributed by atoms with van der Waals surface area (Å²) in [5.74, 6) is 0.122. The van der Waals surface area contributed by atoms with Crippen LogP contribution in [-0.4, -0.2) is 51.1 Å². The molecule has 19 heavy (non-hydrogen) atoms. The number of rotatable bonds is 7. The van der Waals surface area contributed by atoms with Crippen LogP contribution >= 0.6 is 0 Å². The third-order valence-electron chi connectivity index (χ3n) is 3.13. The number of carbonyl (C=O) groups is 1. The lowest BCUT2D eigenvalue weighted by Crippen LogP contribution is -2.42. The van der Waals surface area contributed by atoms with Gasteiger partial charge in [-0.05, 0) is 32.0 Å². The van der Waals surface area contributed by atoms with Gasteiger partial charge in [-0.3, -0.25) is 4.79 Å². The molecule has 0 bridgehead atoms. The third kappa shape index (κ3) is 5.30. The van der Waals surface area contributed by atoms with Gasteiger partial charge in [-0.15, -0.1) is 0 Å². The Balaban J connectivity index is 2.23. The summed E-state index contributed by atoms with van der Waals surface area (Å²) < 4.78 is 0. The fourth-order valence-electron chi connectivity index (χ4n) is 1.92. The maximum Gasteiger partial charge on any atom is 0.238 e. The first-order valence-electron chi connectivity index (χ1n) is 6.73. The molecule has 1 atom stereocenters. The Bertz CT molecular complexity index is 378. The molecule has 1 rings (SSSR count). The molecule has 0 saturated heterocycles. The van der Waals surface area contributed by atoms with Crippen LogP contribution < -0.4 is 10.2 Å². The summed E-state index contributed by atoms with van der Waals surface area (Å²) in [6, 6.07) is 10.2. The highest BCUT2D eigenvalue weighted by Gasteiger charge is 2.13. The van der Waals surface area contributed by atoms with Crippen LogP contribution in [0.15, 0.2) is 30.3 Å². The maximum absolute atomic E-state index is 11.6. The first-order valence-corrected chi connectivity index (χ1v) is 6.73. The SMILES string of the molecule is CC(NCCCN(C)c1ccccc1)C(=O)N(C)C. The Morgan fingerprint density at radius 3 is 2.42 bits per heavy atom. The number of anilines is 1. The van der Waals surface area contributed by atoms with Crippen molar-refractivity contribution in [3.05, 3.63) is 30.3 Å². The second-order valence-electron chi connectivity index (χ2n) is 5.02. The van der Waals surface area contributed by atoms with E-state index in [1.54, 1.807) is 19.0 Å². The number of amides is 1. The van der Waals surface area contributed by atoms with Crippen molar-refractivity contribution in [2.24, 2.45) is 0 Å². The number of likely N-dealkylation sites (N-methyl/N-ethyl adjacent to an activating group) is 1. The van der Waals surface area contributed by atoms with Crippen molar-refractivity contribution in [3.63, 3.8) is 0 Å². The molecule has 1 aromatic carbocycles. The normalized spacial score (nSPS) is 12.0. The van der Waals surface area contributed by atoms with Gasteiger partial charge in [0.25, 0.3) is 0 Å². The number of hydrogen-bond acceptors (Lipinski definition) is 3. The van der Waals surface area contributed by atoms with Gasteiger partial charge in [0, 0.05) is 33.4 Å². The van der Waals surface area contributed by atoms with Crippen LogP contribution in [0.2, 0.25) is 0 Å². The van der Waals surface area contributed by atoms with Crippen molar-refractivity contribution in [2.75, 3.05) is 39.1 Å². The smallest absolute Gasteiger partial charge is 0.238 e. The van der Waals surface area contributed by atoms with Crippen molar-refractivity contribution in [1.29, 1.82) is 0 Å². The summed E-state index contributed by atoms with van der Waals surface area (Å²) in [6.45, 7) is 3.72. The Kier molecular flexibility index (Phi) is 6.36. The standard InChI is InChI=1S/C15H25N3O/c1-13(15(19)17(2)3)16-11-8-12-18(4)14-9-6-5-7-10-14/h5-7,9-10,13,16H,8,11-12H2,1-4H3. The molecule has 0 radical (unpaired) electrons. The molecule has 1 amide bonds. The molecule has 1 unspecified atom stereocenters. The molecular formula is C15H25N3O. The largest absolute Gasteiger partial charge is 0.375 e. The van der Waals surface area contributed by atoms with E-state index in [-0.39, 0.29) is 11.9 Å². The molecule has 0 fully saturated rings. The summed E-state index contributed by atoms with van der Waals surface area (Å²) in [4.78, 5) is 15.5. The highest BCUT2D eigenvalue weighted by Crippen LogP contribution is 2.10. The van der Waals surface area contributed by atoms with Crippen molar-refractivity contribution in [2.45, 2.75) is 19.4 Å². The highest BCUT2D eigenvalue weighted by molar-refractivity contribution is 5.80. The second-order valence-corrected chi connectivity index (χ2v) is 5.02. The van der Waals surface area contributed by atoms with Crippen molar-refractivity contribution in [3.8, 4) is 0 Å². The van der Waals surface area contributed by atoms with Crippen LogP contribution in [-0.2, 0) is 4.79 Å². The van der Waals surface area contributed by atoms with E-state index < -0.39 is 0 Å². The average molecular weight is 263 g/mol. The molecule has 0 spiro atoms. The fourth-order valence-corrected chi connectivity index (χ4v) is 1.92. The number of hydrogen-bond donors (Lipinski definition) is 1. The molecular weight excluding hydrogens is 238 g/mol. The summed E-state index contributed by atoms with van der Waals surface area (Å²) in [6.07, 6.45) is 1.01. The summed E-state index contributed by atoms with van der Waals surface area (Å²) >= 11 is 0. The van der Waals surface area contributed by atoms with Gasteiger partial charge < -0.3 is 15.1 Å². The zero-order chi connectivity index (χ0) is 14.3. The molecule has 1 aromatic rings. The van der Waals surface area contributed by atoms with Gasteiger partial charge in [-0.25, -0.2) is 0 Å². The van der Waals surface area contributed by atoms with Gasteiger partial charge in [-0.1, -0.05) is 18.2 Å². The van der Waals surface area contributed by atoms with Crippen LogP contribution in [0.25, 0.3) is 0 Å². The Labute approximate surface area is 116 Å². The van der Waals surface area contributed by atoms with Gasteiger partial charge >= 0.3 is 0 Å². The zero-order valence-corrected chi connectivity index (χ0v) is 12.4. The molecule has 0 heterocycles. The summed E-state index contributed by atoms with van der Waals surface area (Å²) in [5, 5.41) is 3.25. The number of nitrogens with one attached hydrogen (secondary N) is 1. The topological polar surface area (TPSA) is 35.6 Å². The molecule has 0 saturated carbocycles. The van der Waals surface area contributed by atoms with Crippen LogP contribution in [0.1, 0.15) is 13.3 Å². The zero-order valence-electron chi connectivity index (χ0n) is 12.4. The monoisotopic (exact) mass is 263 g/mol. The van der Waals surface area contributed by atoms with E-state index >= 15 is 0 Å². The lowest BCUT2D eigenvalue weighted by molar-refractivity contribution is -0.130. The minimum Gasteiger partial charge on any atom is -0.375 e. The maximum atomic E-state index is 11.6. The van der Waals surface area contributed by atoms with Crippen LogP contribution in [0.5, 0.6) is 0 Å². The highest BCUT2D eigenvalue weighted by atomic mass is 16.2. The van der Waals surface area contributed by atoms with Crippen molar-refractivity contribution in [1.82, 2.24) is 10.2 Å². The van der Waals surface area contributed by atoms with Gasteiger partial charge in [0.2, 0.25) is 5.91 Å². The van der Waals surface area contributed by atoms with Crippen LogP contribution in [0.3, 0.4) is 0 Å². The number of para-hydroxylation sites is 1. The molecule has 1 N–H and O–H groups in total. The van der Waals surface area contributed by atoms with Crippen LogP contribution in [0.4, 0.5) is 5.69 Å². The van der Waals surface area contributed by atoms with E-state index in [1.807, 2.05) is 25.1 Å². The number of nitrogens with zero attached hydrogens (tertiary/aromatic N) is 2. The Morgan fingerprint density at radius 1 is 1.21 bits per heavy atom. The van der Waals surface area contributed by atoms with E-state index in [2.05, 4.69) is 29.4 Å². The summed E-state index contributed by atoms with van der Waals surface area (Å²) in [5.41, 5.74) is 1.22. The van der Waals surface area contributed by atoms with Gasteiger partial charge in [-0.2, -0.15) is 0 Å². The van der Waals surface area contributed by atoms with E-state index in [0.29, 0.717) is 0 Å². The molecule has 0 aliphatic rings. The fraction of sp³-hybridized carbons (Fsp3) is 0.533. The minimum absolute atomic E-state index is 0.114. The van der Waals surface area contributed by atoms with Crippen molar-refractivity contribution >= 4 is 11.6 Å². The van der Waals surface area contributed by atoms with E-state index in [0.717, 1.165) is 19.5 Å². The Morgan fingerprint density at radius 2 is 1.84 bits per heavy atom. The molecule has 0 aliphatic carbocycles. The van der Waals surface area contributed by atoms with E-state index in [4.69, 9.17) is 0 Å². The molecule has 4 heteroatoms. The van der Waals surface area contributed by atoms with E-state index in [1.165, 1.54) is 5.69 Å². The van der Waals surface area contributed by atoms with Gasteiger partial charge in [0.1, 0.15) is 0 Å². The average Bonchev–Trinajstić information content (AvgIpc) is 2.43. The predicted octanol–water partition coefficient (Wildman–Crippen LogP) is 1.58. The molecule has 106 valence electrons. The van der Waals surface area contributed by atoms with Gasteiger partial charge in [0.15, 0.2) is 0 Å². The van der Waals surface area contributed by atoms with E-state index in [9.17, 15) is 4.79 Å². The Hall–Kier alpha value is -1.55. The second kappa shape index (κ2) is 7.79. The molecule has 4 nitrogen and oxygen atoms in total. The predicted molar refractivity (Wildman–Crippen MR) is 80.5 cm³/mol. The molecule has 0 aromatic heterocycles. The lowest BCUT2D eigenvalue weighted by atomic mass is 10.2. The number of benzene rings is 1. The summed E-state index contributed by atoms with van der Waals surface area (Å²) in [7, 11) is 5.65. The first kappa shape index (κ1) is 15.5.